The van der Waals surface area contributed by atoms with Gasteiger partial charge < -0.3 is 14.9 Å². The van der Waals surface area contributed by atoms with Gasteiger partial charge in [0.25, 0.3) is 11.5 Å². The number of hydrogen-bond donors (Lipinski definition) is 5. The number of imide groups is 1. The van der Waals surface area contributed by atoms with E-state index in [2.05, 4.69) is 20.7 Å². The molecule has 2 aromatic rings. The summed E-state index contributed by atoms with van der Waals surface area (Å²) in [4.78, 5) is 33.8. The van der Waals surface area contributed by atoms with Gasteiger partial charge in [-0.3, -0.25) is 20.3 Å². The third-order valence-corrected chi connectivity index (χ3v) is 4.04. The number of carbonyl (C=O) groups is 2. The Balaban J connectivity index is 2.28. The van der Waals surface area contributed by atoms with Crippen molar-refractivity contribution in [2.75, 3.05) is 5.43 Å². The standard InChI is InChI=1S/C17H14Cl2N6O6/c1-17(2,30)8-5-12(24-25-14(8)26)31-13-9(18)3-7(4-10(13)19)22-23-11(6-20)15(27)21-16(28)29/h3-5,22,30H,1-2H3,(H,21,27)(H,25,26)(H,28,29)/b23-11-. The SMILES string of the molecule is CC(C)(O)c1cc(Oc2c(Cl)cc(N/N=C(/C#N)C(=O)NC(=O)O)cc2Cl)n[nH]c1=O. The Morgan fingerprint density at radius 1 is 1.29 bits per heavy atom. The Morgan fingerprint density at radius 2 is 1.90 bits per heavy atom. The van der Waals surface area contributed by atoms with Crippen molar-refractivity contribution in [3.8, 4) is 17.7 Å². The number of H-pyrrole nitrogens is 1. The Kier molecular flexibility index (Phi) is 7.19. The summed E-state index contributed by atoms with van der Waals surface area (Å²) in [5, 5.41) is 38.3. The predicted molar refractivity (Wildman–Crippen MR) is 109 cm³/mol. The molecular weight excluding hydrogens is 455 g/mol. The van der Waals surface area contributed by atoms with E-state index >= 15 is 0 Å². The lowest BCUT2D eigenvalue weighted by Gasteiger charge is -2.17. The molecule has 0 saturated carbocycles. The summed E-state index contributed by atoms with van der Waals surface area (Å²) in [5.74, 6) is -1.37. The predicted octanol–water partition coefficient (Wildman–Crippen LogP) is 2.18. The summed E-state index contributed by atoms with van der Waals surface area (Å²) in [5.41, 5.74) is -0.324. The number of aromatic amines is 1. The van der Waals surface area contributed by atoms with Crippen LogP contribution in [0.2, 0.25) is 10.0 Å². The van der Waals surface area contributed by atoms with Crippen LogP contribution in [0.1, 0.15) is 19.4 Å². The fourth-order valence-corrected chi connectivity index (χ4v) is 2.69. The topological polar surface area (TPSA) is 190 Å². The quantitative estimate of drug-likeness (QED) is 0.312. The van der Waals surface area contributed by atoms with Crippen LogP contribution in [0.4, 0.5) is 10.5 Å². The van der Waals surface area contributed by atoms with Crippen LogP contribution < -0.4 is 21.0 Å². The van der Waals surface area contributed by atoms with Gasteiger partial charge in [-0.15, -0.1) is 5.10 Å². The summed E-state index contributed by atoms with van der Waals surface area (Å²) >= 11 is 12.3. The summed E-state index contributed by atoms with van der Waals surface area (Å²) < 4.78 is 5.51. The number of aliphatic hydroxyl groups is 1. The molecule has 1 aromatic heterocycles. The van der Waals surface area contributed by atoms with Gasteiger partial charge in [0, 0.05) is 6.07 Å². The lowest BCUT2D eigenvalue weighted by atomic mass is 10.0. The first-order chi connectivity index (χ1) is 14.4. The normalized spacial score (nSPS) is 11.4. The fourth-order valence-electron chi connectivity index (χ4n) is 2.12. The average molecular weight is 469 g/mol. The van der Waals surface area contributed by atoms with Gasteiger partial charge in [0.1, 0.15) is 6.07 Å². The van der Waals surface area contributed by atoms with E-state index in [0.29, 0.717) is 0 Å². The molecule has 2 rings (SSSR count). The zero-order chi connectivity index (χ0) is 23.3. The molecule has 5 N–H and O–H groups in total. The molecule has 0 atom stereocenters. The molecule has 0 fully saturated rings. The molecule has 0 aliphatic heterocycles. The van der Waals surface area contributed by atoms with Gasteiger partial charge in [0.2, 0.25) is 11.6 Å². The number of hydrogen-bond acceptors (Lipinski definition) is 9. The van der Waals surface area contributed by atoms with E-state index in [1.807, 2.05) is 0 Å². The number of rotatable bonds is 6. The summed E-state index contributed by atoms with van der Waals surface area (Å²) in [6, 6.07) is 5.24. The van der Waals surface area contributed by atoms with Crippen molar-refractivity contribution in [3.63, 3.8) is 0 Å². The first kappa shape index (κ1) is 23.6. The second-order valence-corrected chi connectivity index (χ2v) is 7.14. The number of nitrogens with one attached hydrogen (secondary N) is 3. The van der Waals surface area contributed by atoms with E-state index in [4.69, 9.17) is 38.3 Å². The average Bonchev–Trinajstić information content (AvgIpc) is 2.65. The van der Waals surface area contributed by atoms with Crippen molar-refractivity contribution in [2.24, 2.45) is 5.10 Å². The molecule has 2 amide bonds. The fraction of sp³-hybridized carbons (Fsp3) is 0.176. The maximum atomic E-state index is 11.8. The molecule has 0 bridgehead atoms. The van der Waals surface area contributed by atoms with Crippen LogP contribution in [0.25, 0.3) is 0 Å². The molecule has 0 aliphatic rings. The Labute approximate surface area is 184 Å². The van der Waals surface area contributed by atoms with E-state index < -0.39 is 28.9 Å². The lowest BCUT2D eigenvalue weighted by molar-refractivity contribution is -0.114. The molecule has 0 spiro atoms. The molecule has 1 heterocycles. The number of aromatic nitrogens is 2. The van der Waals surface area contributed by atoms with Crippen molar-refractivity contribution in [2.45, 2.75) is 19.4 Å². The first-order valence-corrected chi connectivity index (χ1v) is 8.95. The van der Waals surface area contributed by atoms with Crippen molar-refractivity contribution >= 4 is 46.6 Å². The number of anilines is 1. The summed E-state index contributed by atoms with van der Waals surface area (Å²) in [6.45, 7) is 2.82. The highest BCUT2D eigenvalue weighted by atomic mass is 35.5. The number of carboxylic acid groups (broad SMARTS) is 1. The molecule has 0 aliphatic carbocycles. The highest BCUT2D eigenvalue weighted by Gasteiger charge is 2.22. The van der Waals surface area contributed by atoms with E-state index in [1.54, 1.807) is 0 Å². The Hall–Kier alpha value is -3.66. The number of nitriles is 1. The number of amides is 2. The molecule has 0 saturated heterocycles. The second kappa shape index (κ2) is 9.43. The van der Waals surface area contributed by atoms with E-state index in [0.717, 1.165) is 0 Å². The van der Waals surface area contributed by atoms with Gasteiger partial charge in [-0.05, 0) is 26.0 Å². The maximum Gasteiger partial charge on any atom is 0.411 e. The van der Waals surface area contributed by atoms with Crippen LogP contribution in [-0.4, -0.2) is 38.1 Å². The van der Waals surface area contributed by atoms with Gasteiger partial charge in [-0.2, -0.15) is 10.4 Å². The first-order valence-electron chi connectivity index (χ1n) is 8.20. The molecule has 0 unspecified atom stereocenters. The Morgan fingerprint density at radius 3 is 2.42 bits per heavy atom. The Bertz CT molecular complexity index is 1140. The molecule has 1 aromatic carbocycles. The van der Waals surface area contributed by atoms with Gasteiger partial charge in [-0.25, -0.2) is 9.89 Å². The highest BCUT2D eigenvalue weighted by molar-refractivity contribution is 6.46. The zero-order valence-corrected chi connectivity index (χ0v) is 17.4. The van der Waals surface area contributed by atoms with Crippen molar-refractivity contribution in [3.05, 3.63) is 44.2 Å². The number of ether oxygens (including phenoxy) is 1. The molecule has 0 radical (unpaired) electrons. The van der Waals surface area contributed by atoms with Crippen LogP contribution in [0.15, 0.2) is 28.1 Å². The minimum atomic E-state index is -1.65. The summed E-state index contributed by atoms with van der Waals surface area (Å²) in [7, 11) is 0. The maximum absolute atomic E-state index is 11.8. The van der Waals surface area contributed by atoms with Crippen molar-refractivity contribution in [1.29, 1.82) is 5.26 Å². The molecule has 12 nitrogen and oxygen atoms in total. The third kappa shape index (κ3) is 6.16. The van der Waals surface area contributed by atoms with Gasteiger partial charge in [0.15, 0.2) is 5.75 Å². The van der Waals surface area contributed by atoms with E-state index in [1.165, 1.54) is 43.4 Å². The van der Waals surface area contributed by atoms with Crippen LogP contribution in [0.5, 0.6) is 11.6 Å². The van der Waals surface area contributed by atoms with Gasteiger partial charge >= 0.3 is 6.09 Å². The number of hydrazone groups is 1. The molecule has 162 valence electrons. The number of halogens is 2. The minimum absolute atomic E-state index is 0.000962. The number of nitrogens with zero attached hydrogens (tertiary/aromatic N) is 3. The monoisotopic (exact) mass is 468 g/mol. The largest absolute Gasteiger partial charge is 0.465 e. The van der Waals surface area contributed by atoms with Crippen molar-refractivity contribution in [1.82, 2.24) is 15.5 Å². The second-order valence-electron chi connectivity index (χ2n) is 6.32. The van der Waals surface area contributed by atoms with Crippen LogP contribution in [0.3, 0.4) is 0 Å². The lowest BCUT2D eigenvalue weighted by Crippen LogP contribution is -2.34. The smallest absolute Gasteiger partial charge is 0.411 e. The number of carbonyl (C=O) groups excluding carboxylic acids is 1. The number of benzene rings is 1. The van der Waals surface area contributed by atoms with E-state index in [-0.39, 0.29) is 32.9 Å². The molecule has 14 heteroatoms. The van der Waals surface area contributed by atoms with Crippen LogP contribution in [-0.2, 0) is 10.4 Å². The van der Waals surface area contributed by atoms with Gasteiger partial charge in [0.05, 0.1) is 26.9 Å². The zero-order valence-electron chi connectivity index (χ0n) is 15.9. The van der Waals surface area contributed by atoms with Crippen LogP contribution >= 0.6 is 23.2 Å². The third-order valence-electron chi connectivity index (χ3n) is 3.48. The van der Waals surface area contributed by atoms with Crippen molar-refractivity contribution < 1.29 is 24.5 Å². The van der Waals surface area contributed by atoms with Gasteiger partial charge in [-0.1, -0.05) is 23.2 Å². The summed E-state index contributed by atoms with van der Waals surface area (Å²) in [6.07, 6.45) is -1.65. The molecule has 31 heavy (non-hydrogen) atoms. The molecular formula is C17H14Cl2N6O6. The minimum Gasteiger partial charge on any atom is -0.465 e. The highest BCUT2D eigenvalue weighted by Crippen LogP contribution is 2.38. The van der Waals surface area contributed by atoms with Crippen LogP contribution in [0, 0.1) is 11.3 Å². The van der Waals surface area contributed by atoms with E-state index in [9.17, 15) is 19.5 Å².